The average molecular weight is 428 g/mol. The first-order valence-electron chi connectivity index (χ1n) is 9.40. The Morgan fingerprint density at radius 3 is 2.55 bits per heavy atom. The van der Waals surface area contributed by atoms with Crippen molar-refractivity contribution in [2.45, 2.75) is 51.6 Å². The van der Waals surface area contributed by atoms with Crippen LogP contribution in [0.2, 0.25) is 0 Å². The summed E-state index contributed by atoms with van der Waals surface area (Å²) in [5.41, 5.74) is 1.70. The summed E-state index contributed by atoms with van der Waals surface area (Å²) >= 11 is 0. The number of hydrogen-bond acceptors (Lipinski definition) is 4. The highest BCUT2D eigenvalue weighted by Crippen LogP contribution is 2.38. The number of sulfonamides is 1. The summed E-state index contributed by atoms with van der Waals surface area (Å²) in [7, 11) is -3.49. The largest absolute Gasteiger partial charge is 0.490 e. The molecule has 5 nitrogen and oxygen atoms in total. The number of hydrogen-bond donors (Lipinski definition) is 1. The highest BCUT2D eigenvalue weighted by atomic mass is 32.2. The predicted molar refractivity (Wildman–Crippen MR) is 105 cm³/mol. The molecule has 1 N–H and O–H groups in total. The topological polar surface area (TPSA) is 68.3 Å². The molecule has 1 aromatic carbocycles. The molecule has 0 saturated heterocycles. The van der Waals surface area contributed by atoms with E-state index < -0.39 is 21.9 Å². The molecule has 2 aromatic rings. The number of benzene rings is 1. The number of halogens is 3. The summed E-state index contributed by atoms with van der Waals surface area (Å²) in [5.74, 6) is -2.95. The first kappa shape index (κ1) is 21.4. The molecule has 1 aliphatic rings. The van der Waals surface area contributed by atoms with E-state index in [0.29, 0.717) is 28.1 Å². The van der Waals surface area contributed by atoms with Crippen LogP contribution in [0.15, 0.2) is 30.5 Å². The van der Waals surface area contributed by atoms with Crippen molar-refractivity contribution in [2.75, 3.05) is 10.5 Å². The number of nitrogens with zero attached hydrogens (tertiary/aromatic N) is 1. The second-order valence-electron chi connectivity index (χ2n) is 7.22. The molecular formula is C20H23F3N2O3S. The van der Waals surface area contributed by atoms with E-state index in [4.69, 9.17) is 4.74 Å². The van der Waals surface area contributed by atoms with Crippen molar-refractivity contribution in [1.82, 2.24) is 4.98 Å². The van der Waals surface area contributed by atoms with Gasteiger partial charge in [0.25, 0.3) is 0 Å². The summed E-state index contributed by atoms with van der Waals surface area (Å²) < 4.78 is 72.7. The monoisotopic (exact) mass is 428 g/mol. The Morgan fingerprint density at radius 2 is 1.93 bits per heavy atom. The molecule has 3 rings (SSSR count). The fourth-order valence-corrected chi connectivity index (χ4v) is 3.82. The first-order chi connectivity index (χ1) is 13.6. The quantitative estimate of drug-likeness (QED) is 0.664. The van der Waals surface area contributed by atoms with Crippen molar-refractivity contribution in [3.8, 4) is 16.9 Å². The zero-order chi connectivity index (χ0) is 21.2. The van der Waals surface area contributed by atoms with Gasteiger partial charge in [-0.15, -0.1) is 0 Å². The molecule has 1 aromatic heterocycles. The minimum Gasteiger partial charge on any atom is -0.490 e. The van der Waals surface area contributed by atoms with E-state index in [1.165, 1.54) is 13.1 Å². The van der Waals surface area contributed by atoms with Gasteiger partial charge in [0.2, 0.25) is 21.9 Å². The lowest BCUT2D eigenvalue weighted by molar-refractivity contribution is -0.0581. The number of ether oxygens (including phenoxy) is 1. The van der Waals surface area contributed by atoms with Gasteiger partial charge in [-0.3, -0.25) is 4.72 Å². The lowest BCUT2D eigenvalue weighted by atomic mass is 9.94. The number of nitrogens with one attached hydrogen (secondary N) is 1. The van der Waals surface area contributed by atoms with E-state index >= 15 is 0 Å². The molecular weight excluding hydrogens is 405 g/mol. The van der Waals surface area contributed by atoms with Gasteiger partial charge in [0.15, 0.2) is 0 Å². The van der Waals surface area contributed by atoms with E-state index in [1.54, 1.807) is 31.2 Å². The van der Waals surface area contributed by atoms with E-state index in [1.807, 2.05) is 0 Å². The average Bonchev–Trinajstić information content (AvgIpc) is 2.66. The number of anilines is 1. The molecule has 0 amide bonds. The third-order valence-electron chi connectivity index (χ3n) is 4.92. The second kappa shape index (κ2) is 8.22. The predicted octanol–water partition coefficient (Wildman–Crippen LogP) is 4.91. The molecule has 1 aliphatic carbocycles. The van der Waals surface area contributed by atoms with Crippen LogP contribution in [0.25, 0.3) is 11.1 Å². The Balaban J connectivity index is 1.95. The second-order valence-corrected chi connectivity index (χ2v) is 9.23. The zero-order valence-corrected chi connectivity index (χ0v) is 17.0. The molecule has 158 valence electrons. The maximum absolute atomic E-state index is 13.6. The van der Waals surface area contributed by atoms with Crippen molar-refractivity contribution in [3.05, 3.63) is 42.0 Å². The van der Waals surface area contributed by atoms with Crippen LogP contribution in [-0.4, -0.2) is 31.2 Å². The smallest absolute Gasteiger partial charge is 0.248 e. The molecule has 0 unspecified atom stereocenters. The molecule has 29 heavy (non-hydrogen) atoms. The fourth-order valence-electron chi connectivity index (χ4n) is 3.19. The van der Waals surface area contributed by atoms with Gasteiger partial charge in [-0.2, -0.15) is 4.39 Å². The van der Waals surface area contributed by atoms with Gasteiger partial charge >= 0.3 is 0 Å². The molecule has 0 bridgehead atoms. The van der Waals surface area contributed by atoms with Crippen LogP contribution < -0.4 is 9.46 Å². The number of pyridine rings is 1. The van der Waals surface area contributed by atoms with Gasteiger partial charge < -0.3 is 4.74 Å². The van der Waals surface area contributed by atoms with Gasteiger partial charge in [0.1, 0.15) is 5.75 Å². The SMILES string of the molecule is CCS(=O)(=O)Nc1ccc(OC2CCC(F)(F)CC2)c(-c2cnc(F)c(C)c2)c1. The van der Waals surface area contributed by atoms with Crippen LogP contribution in [0.1, 0.15) is 38.2 Å². The number of aromatic nitrogens is 1. The van der Waals surface area contributed by atoms with Crippen LogP contribution >= 0.6 is 0 Å². The minimum absolute atomic E-state index is 0.0892. The minimum atomic E-state index is -3.49. The molecule has 1 saturated carbocycles. The van der Waals surface area contributed by atoms with Crippen LogP contribution in [0.4, 0.5) is 18.9 Å². The van der Waals surface area contributed by atoms with Gasteiger partial charge in [-0.25, -0.2) is 22.2 Å². The van der Waals surface area contributed by atoms with Gasteiger partial charge in [0, 0.05) is 41.4 Å². The van der Waals surface area contributed by atoms with Crippen molar-refractivity contribution in [2.24, 2.45) is 0 Å². The Labute approximate surface area is 168 Å². The van der Waals surface area contributed by atoms with Crippen molar-refractivity contribution in [1.29, 1.82) is 0 Å². The molecule has 0 radical (unpaired) electrons. The Bertz CT molecular complexity index is 986. The summed E-state index contributed by atoms with van der Waals surface area (Å²) in [6, 6.07) is 6.30. The molecule has 0 aliphatic heterocycles. The highest BCUT2D eigenvalue weighted by Gasteiger charge is 2.36. The third-order valence-corrected chi connectivity index (χ3v) is 6.22. The van der Waals surface area contributed by atoms with Gasteiger partial charge in [-0.1, -0.05) is 0 Å². The molecule has 0 atom stereocenters. The Hall–Kier alpha value is -2.29. The van der Waals surface area contributed by atoms with Crippen molar-refractivity contribution < 1.29 is 26.3 Å². The number of rotatable bonds is 6. The number of aryl methyl sites for hydroxylation is 1. The molecule has 9 heteroatoms. The van der Waals surface area contributed by atoms with E-state index in [2.05, 4.69) is 9.71 Å². The van der Waals surface area contributed by atoms with Crippen LogP contribution in [0, 0.1) is 12.9 Å². The first-order valence-corrected chi connectivity index (χ1v) is 11.1. The summed E-state index contributed by atoms with van der Waals surface area (Å²) in [6.07, 6.45) is 0.921. The van der Waals surface area contributed by atoms with E-state index in [-0.39, 0.29) is 37.5 Å². The maximum atomic E-state index is 13.6. The highest BCUT2D eigenvalue weighted by molar-refractivity contribution is 7.92. The van der Waals surface area contributed by atoms with E-state index in [9.17, 15) is 21.6 Å². The third kappa shape index (κ3) is 5.41. The zero-order valence-electron chi connectivity index (χ0n) is 16.2. The van der Waals surface area contributed by atoms with Crippen LogP contribution in [-0.2, 0) is 10.0 Å². The maximum Gasteiger partial charge on any atom is 0.248 e. The summed E-state index contributed by atoms with van der Waals surface area (Å²) in [6.45, 7) is 3.09. The fraction of sp³-hybridized carbons (Fsp3) is 0.450. The van der Waals surface area contributed by atoms with Gasteiger partial charge in [-0.05, 0) is 51.0 Å². The van der Waals surface area contributed by atoms with Crippen molar-refractivity contribution in [3.63, 3.8) is 0 Å². The summed E-state index contributed by atoms with van der Waals surface area (Å²) in [5, 5.41) is 0. The van der Waals surface area contributed by atoms with Crippen LogP contribution in [0.5, 0.6) is 5.75 Å². The summed E-state index contributed by atoms with van der Waals surface area (Å²) in [4.78, 5) is 3.72. The Kier molecular flexibility index (Phi) is 6.07. The lowest BCUT2D eigenvalue weighted by Crippen LogP contribution is -2.30. The van der Waals surface area contributed by atoms with Crippen LogP contribution in [0.3, 0.4) is 0 Å². The normalized spacial score (nSPS) is 17.1. The Morgan fingerprint density at radius 1 is 1.24 bits per heavy atom. The molecule has 1 fully saturated rings. The standard InChI is InChI=1S/C20H23F3N2O3S/c1-3-29(26,27)25-15-4-5-18(28-16-6-8-20(22,23)9-7-16)17(11-15)14-10-13(2)19(21)24-12-14/h4-5,10-12,16,25H,3,6-9H2,1-2H3. The van der Waals surface area contributed by atoms with Gasteiger partial charge in [0.05, 0.1) is 11.9 Å². The lowest BCUT2D eigenvalue weighted by Gasteiger charge is -2.29. The van der Waals surface area contributed by atoms with E-state index in [0.717, 1.165) is 0 Å². The molecule has 0 spiro atoms. The van der Waals surface area contributed by atoms with Crippen molar-refractivity contribution >= 4 is 15.7 Å². The number of alkyl halides is 2. The molecule has 1 heterocycles.